The van der Waals surface area contributed by atoms with Crippen molar-refractivity contribution in [3.8, 4) is 0 Å². The molecule has 2 aliphatic rings. The maximum Gasteiger partial charge on any atom is 0.238 e. The molecule has 194 valence electrons. The SMILES string of the molecule is CN1CCN(c2ccc(NC(=O)CN3CCN(C(c4ccccc4)c4ccccc4)CC3)cc2F)CC1. The van der Waals surface area contributed by atoms with Gasteiger partial charge in [0.05, 0.1) is 18.3 Å². The quantitative estimate of drug-likeness (QED) is 0.532. The zero-order chi connectivity index (χ0) is 25.6. The van der Waals surface area contributed by atoms with E-state index in [0.717, 1.165) is 52.4 Å². The molecule has 3 aromatic carbocycles. The number of halogens is 1. The molecule has 2 heterocycles. The van der Waals surface area contributed by atoms with E-state index in [1.807, 2.05) is 12.1 Å². The lowest BCUT2D eigenvalue weighted by molar-refractivity contribution is -0.117. The van der Waals surface area contributed by atoms with Crippen LogP contribution in [0.1, 0.15) is 17.2 Å². The minimum absolute atomic E-state index is 0.108. The average Bonchev–Trinajstić information content (AvgIpc) is 2.92. The van der Waals surface area contributed by atoms with Crippen LogP contribution >= 0.6 is 0 Å². The summed E-state index contributed by atoms with van der Waals surface area (Å²) in [4.78, 5) is 21.7. The summed E-state index contributed by atoms with van der Waals surface area (Å²) in [7, 11) is 2.08. The fourth-order valence-electron chi connectivity index (χ4n) is 5.36. The first-order valence-electron chi connectivity index (χ1n) is 13.2. The number of nitrogens with one attached hydrogen (secondary N) is 1. The van der Waals surface area contributed by atoms with Crippen LogP contribution in [0.25, 0.3) is 0 Å². The van der Waals surface area contributed by atoms with E-state index in [0.29, 0.717) is 17.9 Å². The van der Waals surface area contributed by atoms with Gasteiger partial charge in [-0.15, -0.1) is 0 Å². The van der Waals surface area contributed by atoms with Crippen molar-refractivity contribution in [2.45, 2.75) is 6.04 Å². The predicted molar refractivity (Wildman–Crippen MR) is 147 cm³/mol. The van der Waals surface area contributed by atoms with Crippen molar-refractivity contribution < 1.29 is 9.18 Å². The van der Waals surface area contributed by atoms with Crippen molar-refractivity contribution in [2.75, 3.05) is 76.2 Å². The molecule has 1 N–H and O–H groups in total. The normalized spacial score (nSPS) is 17.8. The van der Waals surface area contributed by atoms with Crippen LogP contribution in [0.15, 0.2) is 78.9 Å². The van der Waals surface area contributed by atoms with Crippen molar-refractivity contribution >= 4 is 17.3 Å². The fourth-order valence-corrected chi connectivity index (χ4v) is 5.36. The molecule has 5 rings (SSSR count). The van der Waals surface area contributed by atoms with E-state index < -0.39 is 0 Å². The molecule has 0 bridgehead atoms. The molecule has 0 unspecified atom stereocenters. The van der Waals surface area contributed by atoms with Gasteiger partial charge < -0.3 is 15.1 Å². The van der Waals surface area contributed by atoms with Gasteiger partial charge in [-0.05, 0) is 36.4 Å². The summed E-state index contributed by atoms with van der Waals surface area (Å²) in [6.07, 6.45) is 0. The minimum atomic E-state index is -0.288. The number of hydrogen-bond donors (Lipinski definition) is 1. The van der Waals surface area contributed by atoms with Gasteiger partial charge in [0.2, 0.25) is 5.91 Å². The molecule has 0 saturated carbocycles. The zero-order valence-corrected chi connectivity index (χ0v) is 21.5. The number of carbonyl (C=O) groups excluding carboxylic acids is 1. The van der Waals surface area contributed by atoms with Gasteiger partial charge in [0.1, 0.15) is 5.82 Å². The lowest BCUT2D eigenvalue weighted by atomic mass is 9.96. The third-order valence-corrected chi connectivity index (χ3v) is 7.45. The Kier molecular flexibility index (Phi) is 8.14. The van der Waals surface area contributed by atoms with Crippen molar-refractivity contribution in [1.82, 2.24) is 14.7 Å². The summed E-state index contributed by atoms with van der Waals surface area (Å²) in [6, 6.07) is 26.4. The summed E-state index contributed by atoms with van der Waals surface area (Å²) >= 11 is 0. The molecule has 2 aliphatic heterocycles. The number of piperazine rings is 2. The molecule has 6 nitrogen and oxygen atoms in total. The highest BCUT2D eigenvalue weighted by Gasteiger charge is 2.27. The molecule has 0 atom stereocenters. The van der Waals surface area contributed by atoms with E-state index in [1.165, 1.54) is 17.2 Å². The Balaban J connectivity index is 1.16. The topological polar surface area (TPSA) is 42.1 Å². The second-order valence-corrected chi connectivity index (χ2v) is 10.0. The van der Waals surface area contributed by atoms with Gasteiger partial charge in [-0.2, -0.15) is 0 Å². The number of nitrogens with zero attached hydrogens (tertiary/aromatic N) is 4. The number of rotatable bonds is 7. The molecule has 1 amide bonds. The number of benzene rings is 3. The Bertz CT molecular complexity index is 1120. The van der Waals surface area contributed by atoms with Gasteiger partial charge in [-0.25, -0.2) is 4.39 Å². The summed E-state index contributed by atoms with van der Waals surface area (Å²) in [5, 5.41) is 2.89. The van der Waals surface area contributed by atoms with Gasteiger partial charge in [-0.1, -0.05) is 60.7 Å². The number of hydrogen-bond acceptors (Lipinski definition) is 5. The minimum Gasteiger partial charge on any atom is -0.367 e. The first kappa shape index (κ1) is 25.4. The summed E-state index contributed by atoms with van der Waals surface area (Å²) in [6.45, 7) is 7.11. The zero-order valence-electron chi connectivity index (χ0n) is 21.5. The summed E-state index contributed by atoms with van der Waals surface area (Å²) < 4.78 is 14.8. The molecule has 37 heavy (non-hydrogen) atoms. The van der Waals surface area contributed by atoms with Crippen LogP contribution in [0.2, 0.25) is 0 Å². The average molecular weight is 502 g/mol. The van der Waals surface area contributed by atoms with E-state index in [1.54, 1.807) is 12.1 Å². The molecule has 0 spiro atoms. The van der Waals surface area contributed by atoms with E-state index in [2.05, 4.69) is 80.5 Å². The van der Waals surface area contributed by atoms with Crippen molar-refractivity contribution in [1.29, 1.82) is 0 Å². The van der Waals surface area contributed by atoms with Crippen molar-refractivity contribution in [3.63, 3.8) is 0 Å². The highest BCUT2D eigenvalue weighted by Crippen LogP contribution is 2.29. The molecule has 0 aliphatic carbocycles. The summed E-state index contributed by atoms with van der Waals surface area (Å²) in [5.41, 5.74) is 3.67. The number of anilines is 2. The first-order chi connectivity index (χ1) is 18.1. The van der Waals surface area contributed by atoms with E-state index in [9.17, 15) is 9.18 Å². The highest BCUT2D eigenvalue weighted by atomic mass is 19.1. The summed E-state index contributed by atoms with van der Waals surface area (Å²) in [5.74, 6) is -0.397. The fraction of sp³-hybridized carbons (Fsp3) is 0.367. The second-order valence-electron chi connectivity index (χ2n) is 10.0. The van der Waals surface area contributed by atoms with Crippen LogP contribution in [-0.2, 0) is 4.79 Å². The van der Waals surface area contributed by atoms with Crippen LogP contribution in [0, 0.1) is 5.82 Å². The molecule has 0 aromatic heterocycles. The van der Waals surface area contributed by atoms with Crippen molar-refractivity contribution in [2.24, 2.45) is 0 Å². The molecule has 0 radical (unpaired) electrons. The Morgan fingerprint density at radius 2 is 1.41 bits per heavy atom. The van der Waals surface area contributed by atoms with E-state index in [-0.39, 0.29) is 17.8 Å². The van der Waals surface area contributed by atoms with Gasteiger partial charge in [0, 0.05) is 58.0 Å². The third-order valence-electron chi connectivity index (χ3n) is 7.45. The number of amides is 1. The van der Waals surface area contributed by atoms with E-state index >= 15 is 0 Å². The second kappa shape index (κ2) is 11.9. The maximum absolute atomic E-state index is 14.8. The maximum atomic E-state index is 14.8. The Morgan fingerprint density at radius 3 is 1.97 bits per heavy atom. The molecule has 2 saturated heterocycles. The van der Waals surface area contributed by atoms with Gasteiger partial charge >= 0.3 is 0 Å². The molecule has 2 fully saturated rings. The van der Waals surface area contributed by atoms with Crippen LogP contribution in [0.4, 0.5) is 15.8 Å². The Morgan fingerprint density at radius 1 is 0.811 bits per heavy atom. The predicted octanol–water partition coefficient (Wildman–Crippen LogP) is 3.92. The van der Waals surface area contributed by atoms with E-state index in [4.69, 9.17) is 0 Å². The third kappa shape index (κ3) is 6.36. The van der Waals surface area contributed by atoms with Crippen molar-refractivity contribution in [3.05, 3.63) is 95.8 Å². The lowest BCUT2D eigenvalue weighted by Crippen LogP contribution is -2.49. The first-order valence-corrected chi connectivity index (χ1v) is 13.2. The standard InChI is InChI=1S/C30H36FN5O/c1-33-14-18-35(19-15-33)28-13-12-26(22-27(28)31)32-29(37)23-34-16-20-36(21-17-34)30(24-8-4-2-5-9-24)25-10-6-3-7-11-25/h2-13,22,30H,14-21,23H2,1H3,(H,32,37). The number of carbonyl (C=O) groups is 1. The largest absolute Gasteiger partial charge is 0.367 e. The molecule has 7 heteroatoms. The smallest absolute Gasteiger partial charge is 0.238 e. The van der Waals surface area contributed by atoms with Crippen LogP contribution in [0.3, 0.4) is 0 Å². The van der Waals surface area contributed by atoms with Crippen LogP contribution < -0.4 is 10.2 Å². The van der Waals surface area contributed by atoms with Gasteiger partial charge in [0.15, 0.2) is 0 Å². The monoisotopic (exact) mass is 501 g/mol. The molecular weight excluding hydrogens is 465 g/mol. The Labute approximate surface area is 219 Å². The lowest BCUT2D eigenvalue weighted by Gasteiger charge is -2.39. The molecular formula is C30H36FN5O. The molecule has 3 aromatic rings. The Hall–Kier alpha value is -3.26. The highest BCUT2D eigenvalue weighted by molar-refractivity contribution is 5.92. The van der Waals surface area contributed by atoms with Gasteiger partial charge in [-0.3, -0.25) is 14.6 Å². The van der Waals surface area contributed by atoms with Crippen LogP contribution in [0.5, 0.6) is 0 Å². The van der Waals surface area contributed by atoms with Gasteiger partial charge in [0.25, 0.3) is 0 Å². The van der Waals surface area contributed by atoms with Crippen LogP contribution in [-0.4, -0.2) is 86.6 Å². The number of likely N-dealkylation sites (N-methyl/N-ethyl adjacent to an activating group) is 1.